The number of hydrogen-bond acceptors (Lipinski definition) is 4. The number of nitrogens with zero attached hydrogens (tertiary/aromatic N) is 3. The molecule has 0 atom stereocenters. The summed E-state index contributed by atoms with van der Waals surface area (Å²) in [5.41, 5.74) is 4.12. The highest BCUT2D eigenvalue weighted by Crippen LogP contribution is 2.33. The van der Waals surface area contributed by atoms with Gasteiger partial charge in [0.15, 0.2) is 5.69 Å². The number of carbonyl (C=O) groups is 1. The fourth-order valence-electron chi connectivity index (χ4n) is 3.51. The number of anilines is 1. The minimum Gasteiger partial charge on any atom is -0.497 e. The maximum Gasteiger partial charge on any atom is 0.276 e. The van der Waals surface area contributed by atoms with Gasteiger partial charge in [-0.05, 0) is 48.6 Å². The van der Waals surface area contributed by atoms with Gasteiger partial charge in [0.05, 0.1) is 18.8 Å². The normalized spacial score (nSPS) is 13.6. The molecule has 1 aliphatic rings. The van der Waals surface area contributed by atoms with Crippen LogP contribution in [0, 0.1) is 5.92 Å². The Labute approximate surface area is 167 Å². The molecule has 0 bridgehead atoms. The molecule has 0 aliphatic heterocycles. The Balaban J connectivity index is 1.53. The van der Waals surface area contributed by atoms with Crippen molar-refractivity contribution in [2.24, 2.45) is 5.92 Å². The molecule has 0 spiro atoms. The molecule has 2 heterocycles. The molecule has 2 aromatic carbocycles. The van der Waals surface area contributed by atoms with E-state index in [1.54, 1.807) is 19.4 Å². The van der Waals surface area contributed by atoms with Crippen LogP contribution in [0.5, 0.6) is 5.75 Å². The SMILES string of the molecule is COc1cccc(NC(=O)c2nn(CC3CC3)c3cc(-c4cn[nH]c4)ccc23)c1. The van der Waals surface area contributed by atoms with E-state index in [0.29, 0.717) is 23.0 Å². The van der Waals surface area contributed by atoms with Crippen LogP contribution in [0.2, 0.25) is 0 Å². The monoisotopic (exact) mass is 387 g/mol. The Kier molecular flexibility index (Phi) is 4.27. The first kappa shape index (κ1) is 17.5. The molecule has 7 nitrogen and oxygen atoms in total. The predicted octanol–water partition coefficient (Wildman–Crippen LogP) is 4.10. The Hall–Kier alpha value is -3.61. The number of carbonyl (C=O) groups excluding carboxylic acids is 1. The van der Waals surface area contributed by atoms with Crippen molar-refractivity contribution in [2.45, 2.75) is 19.4 Å². The highest BCUT2D eigenvalue weighted by Gasteiger charge is 2.25. The number of benzene rings is 2. The quantitative estimate of drug-likeness (QED) is 0.522. The second-order valence-corrected chi connectivity index (χ2v) is 7.38. The summed E-state index contributed by atoms with van der Waals surface area (Å²) in [6.07, 6.45) is 6.08. The molecule has 1 aliphatic carbocycles. The minimum atomic E-state index is -0.228. The van der Waals surface area contributed by atoms with Crippen LogP contribution in [-0.4, -0.2) is 33.0 Å². The number of aromatic amines is 1. The fourth-order valence-corrected chi connectivity index (χ4v) is 3.51. The molecule has 1 saturated carbocycles. The summed E-state index contributed by atoms with van der Waals surface area (Å²) in [7, 11) is 1.60. The summed E-state index contributed by atoms with van der Waals surface area (Å²) in [6, 6.07) is 13.4. The van der Waals surface area contributed by atoms with Gasteiger partial charge in [0.2, 0.25) is 0 Å². The van der Waals surface area contributed by atoms with Crippen LogP contribution in [-0.2, 0) is 6.54 Å². The third kappa shape index (κ3) is 3.47. The molecule has 0 unspecified atom stereocenters. The minimum absolute atomic E-state index is 0.228. The zero-order valence-corrected chi connectivity index (χ0v) is 16.1. The van der Waals surface area contributed by atoms with Gasteiger partial charge in [-0.25, -0.2) is 0 Å². The van der Waals surface area contributed by atoms with E-state index in [1.165, 1.54) is 12.8 Å². The number of rotatable bonds is 6. The highest BCUT2D eigenvalue weighted by atomic mass is 16.5. The van der Waals surface area contributed by atoms with Crippen LogP contribution in [0.4, 0.5) is 5.69 Å². The number of aromatic nitrogens is 4. The average Bonchev–Trinajstić information content (AvgIpc) is 3.25. The van der Waals surface area contributed by atoms with Crippen molar-refractivity contribution in [3.63, 3.8) is 0 Å². The third-order valence-corrected chi connectivity index (χ3v) is 5.25. The lowest BCUT2D eigenvalue weighted by atomic mass is 10.1. The molecule has 2 N–H and O–H groups in total. The van der Waals surface area contributed by atoms with Gasteiger partial charge in [-0.2, -0.15) is 10.2 Å². The Bertz CT molecular complexity index is 1180. The number of amides is 1. The smallest absolute Gasteiger partial charge is 0.276 e. The molecular weight excluding hydrogens is 366 g/mol. The zero-order chi connectivity index (χ0) is 19.8. The standard InChI is InChI=1S/C22H21N5O2/c1-29-18-4-2-3-17(10-18)25-22(28)21-19-8-7-15(16-11-23-24-12-16)9-20(19)27(26-21)13-14-5-6-14/h2-4,7-12,14H,5-6,13H2,1H3,(H,23,24)(H,25,28). The molecule has 7 heteroatoms. The lowest BCUT2D eigenvalue weighted by Gasteiger charge is -2.06. The average molecular weight is 387 g/mol. The molecule has 1 fully saturated rings. The summed E-state index contributed by atoms with van der Waals surface area (Å²) in [4.78, 5) is 13.0. The van der Waals surface area contributed by atoms with Crippen molar-refractivity contribution in [1.29, 1.82) is 0 Å². The summed E-state index contributed by atoms with van der Waals surface area (Å²) in [6.45, 7) is 0.831. The van der Waals surface area contributed by atoms with Crippen LogP contribution in [0.1, 0.15) is 23.3 Å². The molecule has 29 heavy (non-hydrogen) atoms. The molecule has 0 saturated heterocycles. The molecular formula is C22H21N5O2. The van der Waals surface area contributed by atoms with Crippen LogP contribution in [0.25, 0.3) is 22.0 Å². The summed E-state index contributed by atoms with van der Waals surface area (Å²) >= 11 is 0. The van der Waals surface area contributed by atoms with E-state index in [0.717, 1.165) is 28.6 Å². The van der Waals surface area contributed by atoms with E-state index >= 15 is 0 Å². The highest BCUT2D eigenvalue weighted by molar-refractivity contribution is 6.11. The first-order chi connectivity index (χ1) is 14.2. The Morgan fingerprint density at radius 3 is 2.90 bits per heavy atom. The van der Waals surface area contributed by atoms with Gasteiger partial charge in [0, 0.05) is 35.4 Å². The van der Waals surface area contributed by atoms with Crippen LogP contribution in [0.15, 0.2) is 54.9 Å². The van der Waals surface area contributed by atoms with E-state index in [2.05, 4.69) is 26.7 Å². The maximum absolute atomic E-state index is 13.0. The van der Waals surface area contributed by atoms with E-state index in [9.17, 15) is 4.79 Å². The molecule has 1 amide bonds. The van der Waals surface area contributed by atoms with E-state index in [-0.39, 0.29) is 5.91 Å². The third-order valence-electron chi connectivity index (χ3n) is 5.25. The van der Waals surface area contributed by atoms with Gasteiger partial charge in [-0.15, -0.1) is 0 Å². The van der Waals surface area contributed by atoms with Crippen molar-refractivity contribution in [3.8, 4) is 16.9 Å². The topological polar surface area (TPSA) is 84.8 Å². The second-order valence-electron chi connectivity index (χ2n) is 7.38. The number of hydrogen-bond donors (Lipinski definition) is 2. The van der Waals surface area contributed by atoms with E-state index < -0.39 is 0 Å². The van der Waals surface area contributed by atoms with Crippen molar-refractivity contribution in [1.82, 2.24) is 20.0 Å². The zero-order valence-electron chi connectivity index (χ0n) is 16.1. The van der Waals surface area contributed by atoms with Gasteiger partial charge in [-0.1, -0.05) is 12.1 Å². The largest absolute Gasteiger partial charge is 0.497 e. The Morgan fingerprint density at radius 1 is 1.24 bits per heavy atom. The number of methoxy groups -OCH3 is 1. The summed E-state index contributed by atoms with van der Waals surface area (Å²) < 4.78 is 7.21. The number of nitrogens with one attached hydrogen (secondary N) is 2. The van der Waals surface area contributed by atoms with E-state index in [1.807, 2.05) is 41.2 Å². The van der Waals surface area contributed by atoms with Gasteiger partial charge in [-0.3, -0.25) is 14.6 Å². The molecule has 5 rings (SSSR count). The van der Waals surface area contributed by atoms with Crippen molar-refractivity contribution < 1.29 is 9.53 Å². The molecule has 4 aromatic rings. The van der Waals surface area contributed by atoms with Crippen molar-refractivity contribution >= 4 is 22.5 Å². The number of H-pyrrole nitrogens is 1. The fraction of sp³-hybridized carbons (Fsp3) is 0.227. The summed E-state index contributed by atoms with van der Waals surface area (Å²) in [5.74, 6) is 1.11. The molecule has 0 radical (unpaired) electrons. The molecule has 146 valence electrons. The number of fused-ring (bicyclic) bond motifs is 1. The Morgan fingerprint density at radius 2 is 2.14 bits per heavy atom. The first-order valence-corrected chi connectivity index (χ1v) is 9.66. The first-order valence-electron chi connectivity index (χ1n) is 9.66. The van der Waals surface area contributed by atoms with Gasteiger partial charge < -0.3 is 10.1 Å². The van der Waals surface area contributed by atoms with Crippen molar-refractivity contribution in [3.05, 3.63) is 60.6 Å². The van der Waals surface area contributed by atoms with Crippen molar-refractivity contribution in [2.75, 3.05) is 12.4 Å². The molecule has 2 aromatic heterocycles. The van der Waals surface area contributed by atoms with Crippen LogP contribution in [0.3, 0.4) is 0 Å². The second kappa shape index (κ2) is 7.09. The maximum atomic E-state index is 13.0. The number of ether oxygens (including phenoxy) is 1. The van der Waals surface area contributed by atoms with Gasteiger partial charge in [0.1, 0.15) is 5.75 Å². The summed E-state index contributed by atoms with van der Waals surface area (Å²) in [5, 5.41) is 15.3. The van der Waals surface area contributed by atoms with Gasteiger partial charge >= 0.3 is 0 Å². The van der Waals surface area contributed by atoms with Crippen LogP contribution >= 0.6 is 0 Å². The van der Waals surface area contributed by atoms with Gasteiger partial charge in [0.25, 0.3) is 5.91 Å². The predicted molar refractivity (Wildman–Crippen MR) is 111 cm³/mol. The van der Waals surface area contributed by atoms with Crippen LogP contribution < -0.4 is 10.1 Å². The lowest BCUT2D eigenvalue weighted by molar-refractivity contribution is 0.102. The lowest BCUT2D eigenvalue weighted by Crippen LogP contribution is -2.14. The van der Waals surface area contributed by atoms with E-state index in [4.69, 9.17) is 4.74 Å².